The zero-order chi connectivity index (χ0) is 14.7. The lowest BCUT2D eigenvalue weighted by Gasteiger charge is -2.02. The first kappa shape index (κ1) is 20.0. The monoisotopic (exact) mass is 342 g/mol. The molecule has 0 fully saturated rings. The van der Waals surface area contributed by atoms with Crippen molar-refractivity contribution < 1.29 is 0 Å². The number of halogens is 1. The maximum Gasteiger partial charge on any atom is -0.0189 e. The fourth-order valence-electron chi connectivity index (χ4n) is 2.50. The number of hydrogen-bond acceptors (Lipinski definition) is 0. The Labute approximate surface area is 136 Å². The highest BCUT2D eigenvalue weighted by Gasteiger charge is 1.93. The second-order valence-corrected chi connectivity index (χ2v) is 6.31. The molecule has 118 valence electrons. The van der Waals surface area contributed by atoms with Gasteiger partial charge >= 0.3 is 0 Å². The Kier molecular flexibility index (Phi) is 18.9. The summed E-state index contributed by atoms with van der Waals surface area (Å²) in [6.07, 6.45) is 26.3. The van der Waals surface area contributed by atoms with Crippen molar-refractivity contribution in [2.24, 2.45) is 0 Å². The second-order valence-electron chi connectivity index (χ2n) is 5.78. The highest BCUT2D eigenvalue weighted by Crippen LogP contribution is 2.12. The van der Waals surface area contributed by atoms with Crippen molar-refractivity contribution in [1.82, 2.24) is 0 Å². The molecule has 0 N–H and O–H groups in total. The van der Waals surface area contributed by atoms with E-state index in [1.807, 2.05) is 11.1 Å². The first-order valence-electron chi connectivity index (χ1n) is 8.83. The van der Waals surface area contributed by atoms with E-state index >= 15 is 0 Å². The molecule has 0 rings (SSSR count). The predicted molar refractivity (Wildman–Crippen MR) is 97.5 cm³/mol. The third-order valence-electron chi connectivity index (χ3n) is 3.79. The summed E-state index contributed by atoms with van der Waals surface area (Å²) in [6.45, 7) is 2.29. The largest absolute Gasteiger partial charge is 0.0845 e. The lowest BCUT2D eigenvalue weighted by atomic mass is 10.0. The Morgan fingerprint density at radius 2 is 1.05 bits per heavy atom. The molecule has 0 aromatic heterocycles. The van der Waals surface area contributed by atoms with Crippen LogP contribution < -0.4 is 0 Å². The fourth-order valence-corrected chi connectivity index (χ4v) is 2.67. The third-order valence-corrected chi connectivity index (χ3v) is 4.10. The first-order valence-corrected chi connectivity index (χ1v) is 9.75. The van der Waals surface area contributed by atoms with E-state index in [1.165, 1.54) is 89.9 Å². The summed E-state index contributed by atoms with van der Waals surface area (Å²) < 4.78 is 0. The van der Waals surface area contributed by atoms with Gasteiger partial charge in [0, 0.05) is 0 Å². The van der Waals surface area contributed by atoms with E-state index in [-0.39, 0.29) is 0 Å². The van der Waals surface area contributed by atoms with Gasteiger partial charge in [-0.15, -0.1) is 0 Å². The van der Waals surface area contributed by atoms with Gasteiger partial charge in [0.2, 0.25) is 0 Å². The van der Waals surface area contributed by atoms with Gasteiger partial charge in [0.25, 0.3) is 0 Å². The summed E-state index contributed by atoms with van der Waals surface area (Å²) in [4.78, 5) is 1.90. The number of unbranched alkanes of at least 4 members (excludes halogenated alkanes) is 13. The smallest absolute Gasteiger partial charge is 0.0189 e. The summed E-state index contributed by atoms with van der Waals surface area (Å²) in [5, 5.41) is 0. The summed E-state index contributed by atoms with van der Waals surface area (Å²) in [6, 6.07) is 0. The molecule has 0 atom stereocenters. The van der Waals surface area contributed by atoms with E-state index in [4.69, 9.17) is 0 Å². The molecule has 0 nitrogen and oxygen atoms in total. The van der Waals surface area contributed by atoms with Crippen LogP contribution in [-0.2, 0) is 0 Å². The van der Waals surface area contributed by atoms with E-state index in [0.29, 0.717) is 0 Å². The van der Waals surface area contributed by atoms with Gasteiger partial charge in [-0.1, -0.05) is 118 Å². The van der Waals surface area contributed by atoms with Gasteiger partial charge in [-0.05, 0) is 17.8 Å². The average molecular weight is 343 g/mol. The van der Waals surface area contributed by atoms with Crippen LogP contribution in [0.25, 0.3) is 0 Å². The van der Waals surface area contributed by atoms with E-state index in [2.05, 4.69) is 35.0 Å². The van der Waals surface area contributed by atoms with Gasteiger partial charge < -0.3 is 0 Å². The van der Waals surface area contributed by atoms with Crippen LogP contribution in [0.4, 0.5) is 0 Å². The highest BCUT2D eigenvalue weighted by molar-refractivity contribution is 9.11. The molecule has 0 bridgehead atoms. The molecule has 0 aliphatic heterocycles. The predicted octanol–water partition coefficient (Wildman–Crippen LogP) is 7.93. The minimum atomic E-state index is 1.23. The molecular formula is C19H35Br. The Morgan fingerprint density at radius 1 is 0.600 bits per heavy atom. The fraction of sp³-hybridized carbons (Fsp3) is 0.789. The van der Waals surface area contributed by atoms with Gasteiger partial charge in [0.05, 0.1) is 0 Å². The van der Waals surface area contributed by atoms with Crippen LogP contribution in [0.1, 0.15) is 96.8 Å². The molecule has 0 heterocycles. The van der Waals surface area contributed by atoms with Crippen molar-refractivity contribution in [3.8, 4) is 0 Å². The van der Waals surface area contributed by atoms with Crippen LogP contribution in [0.3, 0.4) is 0 Å². The Morgan fingerprint density at radius 3 is 1.50 bits per heavy atom. The highest BCUT2D eigenvalue weighted by atomic mass is 79.9. The van der Waals surface area contributed by atoms with Crippen LogP contribution in [-0.4, -0.2) is 0 Å². The first-order chi connectivity index (χ1) is 9.91. The van der Waals surface area contributed by atoms with Crippen LogP contribution in [0.5, 0.6) is 0 Å². The number of rotatable bonds is 15. The van der Waals surface area contributed by atoms with Gasteiger partial charge in [-0.2, -0.15) is 0 Å². The topological polar surface area (TPSA) is 0 Å². The molecule has 20 heavy (non-hydrogen) atoms. The molecule has 0 radical (unpaired) electrons. The molecule has 0 unspecified atom stereocenters. The minimum Gasteiger partial charge on any atom is -0.0845 e. The van der Waals surface area contributed by atoms with E-state index < -0.39 is 0 Å². The SMILES string of the molecule is CCCCCCCCCCCCCCCC=CC=CBr. The van der Waals surface area contributed by atoms with Crippen LogP contribution in [0, 0.1) is 0 Å². The zero-order valence-corrected chi connectivity index (χ0v) is 15.2. The van der Waals surface area contributed by atoms with Crippen LogP contribution >= 0.6 is 15.9 Å². The Bertz CT molecular complexity index is 218. The van der Waals surface area contributed by atoms with Gasteiger partial charge in [0.1, 0.15) is 0 Å². The second kappa shape index (κ2) is 19.0. The number of hydrogen-bond donors (Lipinski definition) is 0. The Balaban J connectivity index is 2.99. The molecule has 0 spiro atoms. The summed E-state index contributed by atoms with van der Waals surface area (Å²) in [5.74, 6) is 0. The normalized spacial score (nSPS) is 11.9. The van der Waals surface area contributed by atoms with Crippen molar-refractivity contribution in [2.75, 3.05) is 0 Å². The molecule has 0 aliphatic carbocycles. The minimum absolute atomic E-state index is 1.23. The molecular weight excluding hydrogens is 308 g/mol. The molecule has 0 saturated carbocycles. The zero-order valence-electron chi connectivity index (χ0n) is 13.6. The lowest BCUT2D eigenvalue weighted by Crippen LogP contribution is -1.82. The van der Waals surface area contributed by atoms with Gasteiger partial charge in [-0.25, -0.2) is 0 Å². The molecule has 0 amide bonds. The van der Waals surface area contributed by atoms with Gasteiger partial charge in [-0.3, -0.25) is 0 Å². The van der Waals surface area contributed by atoms with Crippen LogP contribution in [0.2, 0.25) is 0 Å². The van der Waals surface area contributed by atoms with E-state index in [0.717, 1.165) is 0 Å². The molecule has 0 saturated heterocycles. The maximum atomic E-state index is 3.26. The molecule has 0 aromatic rings. The van der Waals surface area contributed by atoms with E-state index in [1.54, 1.807) is 0 Å². The molecule has 1 heteroatoms. The summed E-state index contributed by atoms with van der Waals surface area (Å²) >= 11 is 3.26. The molecule has 0 aliphatic rings. The van der Waals surface area contributed by atoms with Gasteiger partial charge in [0.15, 0.2) is 0 Å². The molecule has 0 aromatic carbocycles. The quantitative estimate of drug-likeness (QED) is 0.209. The van der Waals surface area contributed by atoms with Crippen molar-refractivity contribution in [3.05, 3.63) is 23.2 Å². The average Bonchev–Trinajstić information content (AvgIpc) is 2.47. The van der Waals surface area contributed by atoms with E-state index in [9.17, 15) is 0 Å². The van der Waals surface area contributed by atoms with Crippen molar-refractivity contribution in [1.29, 1.82) is 0 Å². The van der Waals surface area contributed by atoms with Crippen molar-refractivity contribution in [2.45, 2.75) is 96.8 Å². The number of allylic oxidation sites excluding steroid dienone is 3. The third kappa shape index (κ3) is 18.0. The summed E-state index contributed by atoms with van der Waals surface area (Å²) in [7, 11) is 0. The lowest BCUT2D eigenvalue weighted by molar-refractivity contribution is 0.540. The summed E-state index contributed by atoms with van der Waals surface area (Å²) in [5.41, 5.74) is 0. The standard InChI is InChI=1S/C19H35Br/c1-2-3-4-5-6-7-8-9-10-11-12-13-14-15-16-17-18-19-20/h16-19H,2-15H2,1H3. The Hall–Kier alpha value is -0.0400. The van der Waals surface area contributed by atoms with Crippen molar-refractivity contribution in [3.63, 3.8) is 0 Å². The maximum absolute atomic E-state index is 3.26. The van der Waals surface area contributed by atoms with Crippen LogP contribution in [0.15, 0.2) is 23.2 Å². The van der Waals surface area contributed by atoms with Crippen molar-refractivity contribution >= 4 is 15.9 Å².